The summed E-state index contributed by atoms with van der Waals surface area (Å²) in [5.74, 6) is -0.0592. The van der Waals surface area contributed by atoms with Crippen LogP contribution < -0.4 is 0 Å². The number of rotatable bonds is 4. The molecule has 0 saturated carbocycles. The Morgan fingerprint density at radius 2 is 1.94 bits per heavy atom. The standard InChI is InChI=1S/C11H17ClN2O3S/c1-11(2,3)9-8(7-15)10(12)14(13-9)5-6-18(4,16)17/h7H,5-6H2,1-4H3. The number of hydrogen-bond donors (Lipinski definition) is 0. The first-order valence-electron chi connectivity index (χ1n) is 5.46. The molecule has 0 aromatic carbocycles. The minimum Gasteiger partial charge on any atom is -0.298 e. The van der Waals surface area contributed by atoms with Crippen molar-refractivity contribution < 1.29 is 13.2 Å². The zero-order chi connectivity index (χ0) is 14.1. The van der Waals surface area contributed by atoms with E-state index in [0.717, 1.165) is 6.26 Å². The third-order valence-corrected chi connectivity index (χ3v) is 3.75. The topological polar surface area (TPSA) is 69.0 Å². The van der Waals surface area contributed by atoms with Crippen molar-refractivity contribution in [2.75, 3.05) is 12.0 Å². The fourth-order valence-electron chi connectivity index (χ4n) is 1.51. The van der Waals surface area contributed by atoms with Gasteiger partial charge in [0.2, 0.25) is 0 Å². The smallest absolute Gasteiger partial charge is 0.155 e. The van der Waals surface area contributed by atoms with Crippen LogP contribution in [0.2, 0.25) is 5.15 Å². The van der Waals surface area contributed by atoms with Gasteiger partial charge in [-0.25, -0.2) is 8.42 Å². The Labute approximate surface area is 112 Å². The predicted molar refractivity (Wildman–Crippen MR) is 71.0 cm³/mol. The van der Waals surface area contributed by atoms with Crippen molar-refractivity contribution >= 4 is 27.7 Å². The van der Waals surface area contributed by atoms with E-state index in [0.29, 0.717) is 17.5 Å². The van der Waals surface area contributed by atoms with Crippen LogP contribution in [0.15, 0.2) is 0 Å². The summed E-state index contributed by atoms with van der Waals surface area (Å²) in [7, 11) is -3.09. The van der Waals surface area contributed by atoms with Crippen LogP contribution in [0.25, 0.3) is 0 Å². The molecule has 102 valence electrons. The molecule has 1 heterocycles. The minimum absolute atomic E-state index is 0.0592. The minimum atomic E-state index is -3.09. The first-order valence-corrected chi connectivity index (χ1v) is 7.90. The van der Waals surface area contributed by atoms with E-state index in [2.05, 4.69) is 5.10 Å². The number of nitrogens with zero attached hydrogens (tertiary/aromatic N) is 2. The summed E-state index contributed by atoms with van der Waals surface area (Å²) < 4.78 is 23.6. The zero-order valence-corrected chi connectivity index (χ0v) is 12.5. The molecule has 1 rings (SSSR count). The number of hydrogen-bond acceptors (Lipinski definition) is 4. The molecule has 1 aromatic rings. The highest BCUT2D eigenvalue weighted by atomic mass is 35.5. The largest absolute Gasteiger partial charge is 0.298 e. The molecular weight excluding hydrogens is 276 g/mol. The van der Waals surface area contributed by atoms with Gasteiger partial charge in [0.25, 0.3) is 0 Å². The van der Waals surface area contributed by atoms with Crippen LogP contribution in [-0.4, -0.2) is 36.5 Å². The van der Waals surface area contributed by atoms with E-state index in [4.69, 9.17) is 11.6 Å². The van der Waals surface area contributed by atoms with Crippen molar-refractivity contribution in [2.45, 2.75) is 32.7 Å². The summed E-state index contributed by atoms with van der Waals surface area (Å²) in [5, 5.41) is 4.44. The third-order valence-electron chi connectivity index (χ3n) is 2.43. The van der Waals surface area contributed by atoms with Crippen LogP contribution in [0.4, 0.5) is 0 Å². The summed E-state index contributed by atoms with van der Waals surface area (Å²) in [6.07, 6.45) is 1.81. The Bertz CT molecular complexity index is 556. The Morgan fingerprint density at radius 3 is 2.28 bits per heavy atom. The van der Waals surface area contributed by atoms with Gasteiger partial charge in [-0.15, -0.1) is 0 Å². The lowest BCUT2D eigenvalue weighted by atomic mass is 9.90. The molecular formula is C11H17ClN2O3S. The van der Waals surface area contributed by atoms with E-state index in [1.807, 2.05) is 20.8 Å². The van der Waals surface area contributed by atoms with Gasteiger partial charge >= 0.3 is 0 Å². The fraction of sp³-hybridized carbons (Fsp3) is 0.636. The van der Waals surface area contributed by atoms with E-state index in [1.54, 1.807) is 0 Å². The van der Waals surface area contributed by atoms with Crippen molar-refractivity contribution in [3.63, 3.8) is 0 Å². The highest BCUT2D eigenvalue weighted by Crippen LogP contribution is 2.28. The van der Waals surface area contributed by atoms with Gasteiger partial charge in [0, 0.05) is 11.7 Å². The van der Waals surface area contributed by atoms with Crippen molar-refractivity contribution in [3.8, 4) is 0 Å². The Kier molecular flexibility index (Phi) is 4.23. The van der Waals surface area contributed by atoms with Gasteiger partial charge in [0.1, 0.15) is 15.0 Å². The van der Waals surface area contributed by atoms with E-state index in [1.165, 1.54) is 4.68 Å². The van der Waals surface area contributed by atoms with E-state index in [9.17, 15) is 13.2 Å². The molecule has 0 N–H and O–H groups in total. The normalized spacial score (nSPS) is 12.7. The molecule has 0 unspecified atom stereocenters. The van der Waals surface area contributed by atoms with Crippen LogP contribution in [0, 0.1) is 0 Å². The number of aromatic nitrogens is 2. The van der Waals surface area contributed by atoms with Crippen LogP contribution in [-0.2, 0) is 21.8 Å². The summed E-state index contributed by atoms with van der Waals surface area (Å²) in [5.41, 5.74) is 0.588. The summed E-state index contributed by atoms with van der Waals surface area (Å²) in [6.45, 7) is 5.90. The van der Waals surface area contributed by atoms with Crippen molar-refractivity contribution in [1.29, 1.82) is 0 Å². The van der Waals surface area contributed by atoms with Gasteiger partial charge < -0.3 is 0 Å². The molecule has 0 aliphatic heterocycles. The molecule has 0 radical (unpaired) electrons. The summed E-state index contributed by atoms with van der Waals surface area (Å²) in [4.78, 5) is 11.1. The summed E-state index contributed by atoms with van der Waals surface area (Å²) >= 11 is 6.04. The number of carbonyl (C=O) groups excluding carboxylic acids is 1. The Hall–Kier alpha value is -0.880. The molecule has 0 atom stereocenters. The van der Waals surface area contributed by atoms with Gasteiger partial charge in [0.05, 0.1) is 23.6 Å². The van der Waals surface area contributed by atoms with Gasteiger partial charge in [-0.3, -0.25) is 9.48 Å². The molecule has 0 saturated heterocycles. The second kappa shape index (κ2) is 5.01. The molecule has 0 fully saturated rings. The molecule has 5 nitrogen and oxygen atoms in total. The highest BCUT2D eigenvalue weighted by molar-refractivity contribution is 7.90. The molecule has 7 heteroatoms. The van der Waals surface area contributed by atoms with Gasteiger partial charge in [0.15, 0.2) is 6.29 Å². The Morgan fingerprint density at radius 1 is 1.39 bits per heavy atom. The van der Waals surface area contributed by atoms with Crippen molar-refractivity contribution in [3.05, 3.63) is 16.4 Å². The lowest BCUT2D eigenvalue weighted by molar-refractivity contribution is 0.112. The lowest BCUT2D eigenvalue weighted by Gasteiger charge is -2.15. The molecule has 18 heavy (non-hydrogen) atoms. The predicted octanol–water partition coefficient (Wildman–Crippen LogP) is 1.69. The second-order valence-corrected chi connectivity index (χ2v) is 7.89. The average molecular weight is 293 g/mol. The van der Waals surface area contributed by atoms with E-state index >= 15 is 0 Å². The maximum atomic E-state index is 11.1. The van der Waals surface area contributed by atoms with Crippen LogP contribution in [0.5, 0.6) is 0 Å². The first kappa shape index (κ1) is 15.2. The van der Waals surface area contributed by atoms with Crippen molar-refractivity contribution in [2.24, 2.45) is 0 Å². The molecule has 0 bridgehead atoms. The van der Waals surface area contributed by atoms with Gasteiger partial charge in [-0.1, -0.05) is 32.4 Å². The number of carbonyl (C=O) groups is 1. The highest BCUT2D eigenvalue weighted by Gasteiger charge is 2.25. The van der Waals surface area contributed by atoms with E-state index < -0.39 is 9.84 Å². The summed E-state index contributed by atoms with van der Waals surface area (Å²) in [6, 6.07) is 0. The molecule has 1 aromatic heterocycles. The number of aldehydes is 1. The lowest BCUT2D eigenvalue weighted by Crippen LogP contribution is -2.16. The number of aryl methyl sites for hydroxylation is 1. The van der Waals surface area contributed by atoms with E-state index in [-0.39, 0.29) is 22.9 Å². The van der Waals surface area contributed by atoms with Crippen LogP contribution in [0.1, 0.15) is 36.8 Å². The molecule has 0 spiro atoms. The molecule has 0 aliphatic carbocycles. The van der Waals surface area contributed by atoms with Crippen LogP contribution in [0.3, 0.4) is 0 Å². The first-order chi connectivity index (χ1) is 8.06. The molecule has 0 aliphatic rings. The van der Waals surface area contributed by atoms with Gasteiger partial charge in [-0.2, -0.15) is 5.10 Å². The van der Waals surface area contributed by atoms with Crippen LogP contribution >= 0.6 is 11.6 Å². The second-order valence-electron chi connectivity index (χ2n) is 5.27. The zero-order valence-electron chi connectivity index (χ0n) is 10.9. The fourth-order valence-corrected chi connectivity index (χ4v) is 2.28. The third kappa shape index (κ3) is 3.55. The maximum Gasteiger partial charge on any atom is 0.155 e. The van der Waals surface area contributed by atoms with Crippen molar-refractivity contribution in [1.82, 2.24) is 9.78 Å². The quantitative estimate of drug-likeness (QED) is 0.792. The maximum absolute atomic E-state index is 11.1. The number of sulfone groups is 1. The SMILES string of the molecule is CC(C)(C)c1nn(CCS(C)(=O)=O)c(Cl)c1C=O. The monoisotopic (exact) mass is 292 g/mol. The van der Waals surface area contributed by atoms with Gasteiger partial charge in [-0.05, 0) is 0 Å². The number of halogens is 1. The molecule has 0 amide bonds. The average Bonchev–Trinajstić information content (AvgIpc) is 2.50. The Balaban J connectivity index is 3.16.